The number of amides is 2. The maximum atomic E-state index is 12.4. The molecule has 1 aromatic carbocycles. The Labute approximate surface area is 137 Å². The molecule has 0 aliphatic carbocycles. The first kappa shape index (κ1) is 14.0. The van der Waals surface area contributed by atoms with Gasteiger partial charge in [-0.3, -0.25) is 5.10 Å². The van der Waals surface area contributed by atoms with Crippen LogP contribution in [0.2, 0.25) is 5.02 Å². The summed E-state index contributed by atoms with van der Waals surface area (Å²) < 4.78 is 0. The van der Waals surface area contributed by atoms with Crippen LogP contribution < -0.4 is 5.32 Å². The molecule has 23 heavy (non-hydrogen) atoms. The van der Waals surface area contributed by atoms with Gasteiger partial charge in [0.25, 0.3) is 0 Å². The second kappa shape index (κ2) is 5.55. The summed E-state index contributed by atoms with van der Waals surface area (Å²) in [5, 5.41) is 11.5. The molecule has 0 bridgehead atoms. The zero-order chi connectivity index (χ0) is 15.8. The minimum absolute atomic E-state index is 0.120. The molecule has 4 rings (SSSR count). The number of nitrogens with zero attached hydrogens (tertiary/aromatic N) is 3. The molecular formula is C16H14ClN5O. The Kier molecular flexibility index (Phi) is 3.38. The number of hydrogen-bond donors (Lipinski definition) is 2. The van der Waals surface area contributed by atoms with Crippen molar-refractivity contribution >= 4 is 34.4 Å². The highest BCUT2D eigenvalue weighted by Crippen LogP contribution is 2.25. The second-order valence-corrected chi connectivity index (χ2v) is 5.94. The van der Waals surface area contributed by atoms with Crippen molar-refractivity contribution in [1.29, 1.82) is 0 Å². The number of aromatic nitrogens is 3. The maximum absolute atomic E-state index is 12.4. The first-order chi connectivity index (χ1) is 11.2. The van der Waals surface area contributed by atoms with E-state index < -0.39 is 0 Å². The number of fused-ring (bicyclic) bond motifs is 3. The van der Waals surface area contributed by atoms with Crippen molar-refractivity contribution in [2.75, 3.05) is 11.9 Å². The monoisotopic (exact) mass is 327 g/mol. The highest BCUT2D eigenvalue weighted by molar-refractivity contribution is 6.30. The van der Waals surface area contributed by atoms with E-state index in [0.717, 1.165) is 28.7 Å². The average Bonchev–Trinajstić information content (AvgIpc) is 3.05. The van der Waals surface area contributed by atoms with Crippen molar-refractivity contribution in [1.82, 2.24) is 20.1 Å². The fourth-order valence-corrected chi connectivity index (χ4v) is 2.99. The number of H-pyrrole nitrogens is 1. The number of halogens is 1. The van der Waals surface area contributed by atoms with Gasteiger partial charge in [-0.2, -0.15) is 5.10 Å². The van der Waals surface area contributed by atoms with Gasteiger partial charge in [0, 0.05) is 35.4 Å². The highest BCUT2D eigenvalue weighted by Gasteiger charge is 2.23. The van der Waals surface area contributed by atoms with E-state index in [1.807, 2.05) is 6.20 Å². The number of benzene rings is 1. The molecule has 0 radical (unpaired) electrons. The van der Waals surface area contributed by atoms with Gasteiger partial charge in [-0.1, -0.05) is 11.6 Å². The van der Waals surface area contributed by atoms with Crippen molar-refractivity contribution in [3.05, 3.63) is 52.8 Å². The fraction of sp³-hybridized carbons (Fsp3) is 0.188. The molecule has 116 valence electrons. The second-order valence-electron chi connectivity index (χ2n) is 5.50. The van der Waals surface area contributed by atoms with Gasteiger partial charge in [-0.05, 0) is 41.8 Å². The number of nitrogens with one attached hydrogen (secondary N) is 2. The number of carbonyl (C=O) groups is 1. The molecule has 0 spiro atoms. The van der Waals surface area contributed by atoms with Gasteiger partial charge in [0.05, 0.1) is 6.20 Å². The molecule has 0 saturated carbocycles. The van der Waals surface area contributed by atoms with Crippen molar-refractivity contribution in [3.8, 4) is 0 Å². The molecule has 0 unspecified atom stereocenters. The third kappa shape index (κ3) is 2.61. The lowest BCUT2D eigenvalue weighted by Gasteiger charge is -2.29. The number of rotatable bonds is 1. The zero-order valence-electron chi connectivity index (χ0n) is 12.2. The van der Waals surface area contributed by atoms with Crippen LogP contribution in [0.1, 0.15) is 11.1 Å². The van der Waals surface area contributed by atoms with E-state index in [1.165, 1.54) is 5.56 Å². The third-order valence-electron chi connectivity index (χ3n) is 4.06. The summed E-state index contributed by atoms with van der Waals surface area (Å²) in [6.07, 6.45) is 4.41. The first-order valence-corrected chi connectivity index (χ1v) is 7.70. The van der Waals surface area contributed by atoms with Crippen LogP contribution in [0, 0.1) is 0 Å². The van der Waals surface area contributed by atoms with E-state index in [-0.39, 0.29) is 6.03 Å². The van der Waals surface area contributed by atoms with Crippen LogP contribution in [-0.2, 0) is 13.0 Å². The Hall–Kier alpha value is -2.60. The Morgan fingerprint density at radius 3 is 2.91 bits per heavy atom. The molecule has 3 heterocycles. The van der Waals surface area contributed by atoms with Gasteiger partial charge in [0.2, 0.25) is 0 Å². The predicted molar refractivity (Wildman–Crippen MR) is 88.5 cm³/mol. The number of pyridine rings is 1. The fourth-order valence-electron chi connectivity index (χ4n) is 2.86. The van der Waals surface area contributed by atoms with E-state index in [9.17, 15) is 4.79 Å². The molecule has 1 aliphatic rings. The van der Waals surface area contributed by atoms with E-state index in [4.69, 9.17) is 11.6 Å². The summed E-state index contributed by atoms with van der Waals surface area (Å²) in [4.78, 5) is 18.6. The molecule has 0 saturated heterocycles. The minimum atomic E-state index is -0.120. The lowest BCUT2D eigenvalue weighted by Crippen LogP contribution is -2.39. The molecule has 6 nitrogen and oxygen atoms in total. The molecular weight excluding hydrogens is 314 g/mol. The number of aromatic amines is 1. The van der Waals surface area contributed by atoms with E-state index in [2.05, 4.69) is 20.5 Å². The predicted octanol–water partition coefficient (Wildman–Crippen LogP) is 3.20. The Balaban J connectivity index is 1.53. The van der Waals surface area contributed by atoms with Crippen LogP contribution in [0.25, 0.3) is 11.0 Å². The van der Waals surface area contributed by atoms with Gasteiger partial charge < -0.3 is 10.2 Å². The molecule has 3 aromatic rings. The molecule has 0 fully saturated rings. The van der Waals surface area contributed by atoms with Crippen LogP contribution >= 0.6 is 11.6 Å². The van der Waals surface area contributed by atoms with E-state index in [0.29, 0.717) is 18.1 Å². The quantitative estimate of drug-likeness (QED) is 0.720. The van der Waals surface area contributed by atoms with Crippen LogP contribution in [0.4, 0.5) is 10.5 Å². The normalized spacial score (nSPS) is 13.9. The van der Waals surface area contributed by atoms with Crippen LogP contribution in [0.5, 0.6) is 0 Å². The standard InChI is InChI=1S/C16H14ClN5O/c17-11-1-3-12(4-2-11)20-16(23)22-6-5-13-10(9-22)7-18-15-14(13)8-19-21-15/h1-4,7-8H,5-6,9H2,(H,20,23)(H,18,19,21). The lowest BCUT2D eigenvalue weighted by atomic mass is 9.99. The number of carbonyl (C=O) groups excluding carboxylic acids is 1. The van der Waals surface area contributed by atoms with Crippen LogP contribution in [0.3, 0.4) is 0 Å². The Morgan fingerprint density at radius 2 is 2.09 bits per heavy atom. The van der Waals surface area contributed by atoms with E-state index in [1.54, 1.807) is 35.4 Å². The first-order valence-electron chi connectivity index (χ1n) is 7.32. The van der Waals surface area contributed by atoms with Crippen molar-refractivity contribution in [2.45, 2.75) is 13.0 Å². The number of urea groups is 1. The molecule has 2 amide bonds. The topological polar surface area (TPSA) is 73.9 Å². The molecule has 2 N–H and O–H groups in total. The average molecular weight is 328 g/mol. The summed E-state index contributed by atoms with van der Waals surface area (Å²) in [6.45, 7) is 1.21. The molecule has 2 aromatic heterocycles. The van der Waals surface area contributed by atoms with Gasteiger partial charge in [-0.15, -0.1) is 0 Å². The van der Waals surface area contributed by atoms with Crippen LogP contribution in [-0.4, -0.2) is 32.7 Å². The largest absolute Gasteiger partial charge is 0.322 e. The molecule has 7 heteroatoms. The minimum Gasteiger partial charge on any atom is -0.320 e. The van der Waals surface area contributed by atoms with Gasteiger partial charge in [0.1, 0.15) is 0 Å². The zero-order valence-corrected chi connectivity index (χ0v) is 13.0. The summed E-state index contributed by atoms with van der Waals surface area (Å²) in [5.41, 5.74) is 3.81. The summed E-state index contributed by atoms with van der Waals surface area (Å²) in [6, 6.07) is 6.96. The number of hydrogen-bond acceptors (Lipinski definition) is 3. The maximum Gasteiger partial charge on any atom is 0.322 e. The Morgan fingerprint density at radius 1 is 1.26 bits per heavy atom. The van der Waals surface area contributed by atoms with Crippen molar-refractivity contribution in [2.24, 2.45) is 0 Å². The Bertz CT molecular complexity index is 874. The SMILES string of the molecule is O=C(Nc1ccc(Cl)cc1)N1CCc2c(cnc3[nH]ncc23)C1. The summed E-state index contributed by atoms with van der Waals surface area (Å²) in [7, 11) is 0. The van der Waals surface area contributed by atoms with Gasteiger partial charge in [0.15, 0.2) is 5.65 Å². The number of anilines is 1. The third-order valence-corrected chi connectivity index (χ3v) is 4.31. The van der Waals surface area contributed by atoms with Crippen molar-refractivity contribution in [3.63, 3.8) is 0 Å². The smallest absolute Gasteiger partial charge is 0.320 e. The van der Waals surface area contributed by atoms with Crippen molar-refractivity contribution < 1.29 is 4.79 Å². The molecule has 1 aliphatic heterocycles. The van der Waals surface area contributed by atoms with Gasteiger partial charge in [-0.25, -0.2) is 9.78 Å². The summed E-state index contributed by atoms with van der Waals surface area (Å²) >= 11 is 5.85. The summed E-state index contributed by atoms with van der Waals surface area (Å²) in [5.74, 6) is 0. The molecule has 0 atom stereocenters. The van der Waals surface area contributed by atoms with Gasteiger partial charge >= 0.3 is 6.03 Å². The highest BCUT2D eigenvalue weighted by atomic mass is 35.5. The lowest BCUT2D eigenvalue weighted by molar-refractivity contribution is 0.206. The van der Waals surface area contributed by atoms with E-state index >= 15 is 0 Å². The van der Waals surface area contributed by atoms with Crippen LogP contribution in [0.15, 0.2) is 36.7 Å².